The van der Waals surface area contributed by atoms with Crippen LogP contribution >= 0.6 is 0 Å². The summed E-state index contributed by atoms with van der Waals surface area (Å²) in [5, 5.41) is 4.11. The summed E-state index contributed by atoms with van der Waals surface area (Å²) in [6.07, 6.45) is 6.24. The minimum atomic E-state index is -0.285. The number of aromatic nitrogens is 4. The lowest BCUT2D eigenvalue weighted by Gasteiger charge is -2.22. The van der Waals surface area contributed by atoms with Crippen LogP contribution in [0.3, 0.4) is 0 Å². The maximum absolute atomic E-state index is 13.1. The van der Waals surface area contributed by atoms with Crippen molar-refractivity contribution in [3.8, 4) is 0 Å². The summed E-state index contributed by atoms with van der Waals surface area (Å²) in [4.78, 5) is 23.6. The summed E-state index contributed by atoms with van der Waals surface area (Å²) >= 11 is 0. The highest BCUT2D eigenvalue weighted by molar-refractivity contribution is 6.06. The zero-order valence-corrected chi connectivity index (χ0v) is 13.8. The number of hydrogen-bond donors (Lipinski definition) is 0. The second kappa shape index (κ2) is 5.27. The molecule has 126 valence electrons. The van der Waals surface area contributed by atoms with Crippen molar-refractivity contribution in [3.63, 3.8) is 0 Å². The van der Waals surface area contributed by atoms with Gasteiger partial charge < -0.3 is 9.09 Å². The van der Waals surface area contributed by atoms with Gasteiger partial charge in [-0.15, -0.1) is 0 Å². The summed E-state index contributed by atoms with van der Waals surface area (Å²) in [5.41, 5.74) is 2.39. The molecule has 0 spiro atoms. The van der Waals surface area contributed by atoms with E-state index in [1.165, 1.54) is 0 Å². The maximum atomic E-state index is 13.1. The molecule has 1 aliphatic carbocycles. The van der Waals surface area contributed by atoms with Gasteiger partial charge in [-0.05, 0) is 24.5 Å². The number of para-hydroxylation sites is 1. The Hall–Kier alpha value is -2.96. The molecule has 0 bridgehead atoms. The van der Waals surface area contributed by atoms with Gasteiger partial charge in [-0.3, -0.25) is 9.69 Å². The predicted octanol–water partition coefficient (Wildman–Crippen LogP) is 2.62. The molecule has 7 heteroatoms. The quantitative estimate of drug-likeness (QED) is 0.735. The van der Waals surface area contributed by atoms with E-state index < -0.39 is 0 Å². The summed E-state index contributed by atoms with van der Waals surface area (Å²) in [7, 11) is 1.85. The Bertz CT molecular complexity index is 956. The molecule has 1 saturated carbocycles. The number of aryl methyl sites for hydroxylation is 1. The van der Waals surface area contributed by atoms with Crippen molar-refractivity contribution in [1.29, 1.82) is 0 Å². The van der Waals surface area contributed by atoms with E-state index in [0.717, 1.165) is 29.9 Å². The average molecular weight is 335 g/mol. The standard InChI is InChI=1S/C18H17N5O2/c1-22-9-13(19-10-22)18(24)23-14-5-3-2-4-12(14)8-15(23)17-20-16(21-25-17)11-6-7-11/h2-5,9-11,15H,6-8H2,1H3. The van der Waals surface area contributed by atoms with Gasteiger partial charge in [0.25, 0.3) is 5.91 Å². The molecule has 25 heavy (non-hydrogen) atoms. The van der Waals surface area contributed by atoms with Crippen LogP contribution in [0.5, 0.6) is 0 Å². The normalized spacial score (nSPS) is 19.2. The molecule has 1 fully saturated rings. The van der Waals surface area contributed by atoms with E-state index in [0.29, 0.717) is 23.9 Å². The van der Waals surface area contributed by atoms with Crippen molar-refractivity contribution in [2.75, 3.05) is 4.90 Å². The van der Waals surface area contributed by atoms with Crippen LogP contribution in [0.1, 0.15) is 52.6 Å². The maximum Gasteiger partial charge on any atom is 0.279 e. The molecular formula is C18H17N5O2. The third-order valence-corrected chi connectivity index (χ3v) is 4.80. The zero-order chi connectivity index (χ0) is 17.0. The first kappa shape index (κ1) is 14.4. The second-order valence-corrected chi connectivity index (χ2v) is 6.71. The number of carbonyl (C=O) groups excluding carboxylic acids is 1. The Kier molecular flexibility index (Phi) is 3.03. The molecule has 1 aromatic carbocycles. The van der Waals surface area contributed by atoms with Crippen LogP contribution in [0.2, 0.25) is 0 Å². The van der Waals surface area contributed by atoms with Gasteiger partial charge in [0, 0.05) is 31.3 Å². The zero-order valence-electron chi connectivity index (χ0n) is 13.8. The number of carbonyl (C=O) groups is 1. The molecule has 5 rings (SSSR count). The smallest absolute Gasteiger partial charge is 0.279 e. The van der Waals surface area contributed by atoms with Crippen molar-refractivity contribution in [1.82, 2.24) is 19.7 Å². The Morgan fingerprint density at radius 2 is 2.12 bits per heavy atom. The molecule has 0 radical (unpaired) electrons. The van der Waals surface area contributed by atoms with Crippen LogP contribution in [-0.2, 0) is 13.5 Å². The minimum Gasteiger partial charge on any atom is -0.340 e. The Labute approximate surface area is 144 Å². The number of amides is 1. The van der Waals surface area contributed by atoms with Gasteiger partial charge in [0.1, 0.15) is 11.7 Å². The van der Waals surface area contributed by atoms with Crippen LogP contribution in [-0.4, -0.2) is 25.6 Å². The molecule has 2 aromatic heterocycles. The Morgan fingerprint density at radius 3 is 2.88 bits per heavy atom. The van der Waals surface area contributed by atoms with E-state index in [1.54, 1.807) is 22.0 Å². The SMILES string of the molecule is Cn1cnc(C(=O)N2c3ccccc3CC2c2nc(C3CC3)no2)c1. The van der Waals surface area contributed by atoms with Crippen molar-refractivity contribution < 1.29 is 9.32 Å². The third kappa shape index (κ3) is 2.34. The van der Waals surface area contributed by atoms with Gasteiger partial charge in [0.15, 0.2) is 5.82 Å². The molecule has 7 nitrogen and oxygen atoms in total. The molecule has 1 amide bonds. The number of anilines is 1. The number of imidazole rings is 1. The molecule has 0 saturated heterocycles. The molecule has 3 aromatic rings. The van der Waals surface area contributed by atoms with E-state index in [1.807, 2.05) is 31.3 Å². The van der Waals surface area contributed by atoms with Crippen molar-refractivity contribution in [3.05, 3.63) is 59.8 Å². The van der Waals surface area contributed by atoms with Crippen molar-refractivity contribution in [2.45, 2.75) is 31.2 Å². The van der Waals surface area contributed by atoms with Gasteiger partial charge >= 0.3 is 0 Å². The number of hydrogen-bond acceptors (Lipinski definition) is 5. The van der Waals surface area contributed by atoms with Gasteiger partial charge in [-0.2, -0.15) is 4.98 Å². The molecular weight excluding hydrogens is 318 g/mol. The van der Waals surface area contributed by atoms with Crippen LogP contribution in [0.25, 0.3) is 0 Å². The van der Waals surface area contributed by atoms with Crippen LogP contribution in [0, 0.1) is 0 Å². The number of rotatable bonds is 3. The van der Waals surface area contributed by atoms with E-state index in [-0.39, 0.29) is 11.9 Å². The highest BCUT2D eigenvalue weighted by Gasteiger charge is 2.40. The average Bonchev–Trinajstić information content (AvgIpc) is 3.06. The number of fused-ring (bicyclic) bond motifs is 1. The fraction of sp³-hybridized carbons (Fsp3) is 0.333. The lowest BCUT2D eigenvalue weighted by molar-refractivity contribution is 0.0970. The summed E-state index contributed by atoms with van der Waals surface area (Å²) in [6.45, 7) is 0. The van der Waals surface area contributed by atoms with Gasteiger partial charge in [0.05, 0.1) is 6.33 Å². The second-order valence-electron chi connectivity index (χ2n) is 6.71. The molecule has 1 aliphatic heterocycles. The molecule has 0 N–H and O–H groups in total. The molecule has 3 heterocycles. The first-order valence-electron chi connectivity index (χ1n) is 8.43. The highest BCUT2D eigenvalue weighted by Crippen LogP contribution is 2.42. The number of nitrogens with zero attached hydrogens (tertiary/aromatic N) is 5. The number of benzene rings is 1. The van der Waals surface area contributed by atoms with Crippen molar-refractivity contribution >= 4 is 11.6 Å². The fourth-order valence-electron chi connectivity index (χ4n) is 3.37. The molecule has 2 aliphatic rings. The van der Waals surface area contributed by atoms with E-state index >= 15 is 0 Å². The lowest BCUT2D eigenvalue weighted by Crippen LogP contribution is -2.32. The largest absolute Gasteiger partial charge is 0.340 e. The lowest BCUT2D eigenvalue weighted by atomic mass is 10.1. The first-order valence-corrected chi connectivity index (χ1v) is 8.43. The molecule has 1 unspecified atom stereocenters. The van der Waals surface area contributed by atoms with Crippen LogP contribution in [0.15, 0.2) is 41.3 Å². The summed E-state index contributed by atoms with van der Waals surface area (Å²) in [6, 6.07) is 7.62. The van der Waals surface area contributed by atoms with Crippen LogP contribution < -0.4 is 4.90 Å². The fourth-order valence-corrected chi connectivity index (χ4v) is 3.37. The highest BCUT2D eigenvalue weighted by atomic mass is 16.5. The van der Waals surface area contributed by atoms with Crippen LogP contribution in [0.4, 0.5) is 5.69 Å². The Balaban J connectivity index is 1.56. The third-order valence-electron chi connectivity index (χ3n) is 4.80. The first-order chi connectivity index (χ1) is 12.2. The summed E-state index contributed by atoms with van der Waals surface area (Å²) in [5.74, 6) is 1.53. The van der Waals surface area contributed by atoms with Crippen molar-refractivity contribution in [2.24, 2.45) is 7.05 Å². The molecule has 1 atom stereocenters. The summed E-state index contributed by atoms with van der Waals surface area (Å²) < 4.78 is 7.29. The monoisotopic (exact) mass is 335 g/mol. The minimum absolute atomic E-state index is 0.151. The van der Waals surface area contributed by atoms with Gasteiger partial charge in [-0.1, -0.05) is 23.4 Å². The van der Waals surface area contributed by atoms with E-state index in [4.69, 9.17) is 4.52 Å². The predicted molar refractivity (Wildman–Crippen MR) is 89.2 cm³/mol. The van der Waals surface area contributed by atoms with E-state index in [2.05, 4.69) is 15.1 Å². The Morgan fingerprint density at radius 1 is 1.28 bits per heavy atom. The van der Waals surface area contributed by atoms with Gasteiger partial charge in [-0.25, -0.2) is 4.98 Å². The van der Waals surface area contributed by atoms with Gasteiger partial charge in [0.2, 0.25) is 5.89 Å². The topological polar surface area (TPSA) is 77.1 Å². The van der Waals surface area contributed by atoms with E-state index in [9.17, 15) is 4.79 Å².